The molecule has 0 spiro atoms. The van der Waals surface area contributed by atoms with Crippen molar-refractivity contribution in [3.05, 3.63) is 89.4 Å². The number of guanidine groups is 1. The van der Waals surface area contributed by atoms with Gasteiger partial charge in [-0.2, -0.15) is 0 Å². The maximum absolute atomic E-state index is 12.5. The zero-order chi connectivity index (χ0) is 22.6. The number of aliphatic imine (C=N–C) groups is 1. The third kappa shape index (κ3) is 6.91. The molecule has 0 aliphatic rings. The molecule has 32 heavy (non-hydrogen) atoms. The molecule has 0 aliphatic carbocycles. The summed E-state index contributed by atoms with van der Waals surface area (Å²) in [6.45, 7) is 6.76. The van der Waals surface area contributed by atoms with Gasteiger partial charge in [-0.15, -0.1) is 0 Å². The van der Waals surface area contributed by atoms with E-state index in [0.717, 1.165) is 23.4 Å². The molecular formula is C25H30N4O3. The first-order chi connectivity index (χ1) is 15.7. The van der Waals surface area contributed by atoms with Crippen LogP contribution in [0.2, 0.25) is 0 Å². The number of ether oxygens (including phenoxy) is 1. The molecule has 0 atom stereocenters. The monoisotopic (exact) mass is 434 g/mol. The molecule has 7 heteroatoms. The zero-order valence-electron chi connectivity index (χ0n) is 18.6. The molecule has 3 N–H and O–H groups in total. The van der Waals surface area contributed by atoms with Crippen molar-refractivity contribution >= 4 is 11.9 Å². The maximum atomic E-state index is 12.5. The van der Waals surface area contributed by atoms with Gasteiger partial charge in [-0.25, -0.2) is 4.99 Å². The Labute approximate surface area is 188 Å². The van der Waals surface area contributed by atoms with Gasteiger partial charge in [0.2, 0.25) is 0 Å². The number of para-hydroxylation sites is 1. The van der Waals surface area contributed by atoms with Gasteiger partial charge >= 0.3 is 0 Å². The predicted molar refractivity (Wildman–Crippen MR) is 126 cm³/mol. The molecule has 2 aromatic carbocycles. The van der Waals surface area contributed by atoms with Gasteiger partial charge in [-0.1, -0.05) is 30.3 Å². The lowest BCUT2D eigenvalue weighted by Crippen LogP contribution is -2.36. The Bertz CT molecular complexity index is 1020. The first-order valence-electron chi connectivity index (χ1n) is 10.8. The predicted octanol–water partition coefficient (Wildman–Crippen LogP) is 3.86. The van der Waals surface area contributed by atoms with E-state index >= 15 is 0 Å². The minimum Gasteiger partial charge on any atom is -0.494 e. The Morgan fingerprint density at radius 2 is 1.84 bits per heavy atom. The lowest BCUT2D eigenvalue weighted by atomic mass is 10.1. The Morgan fingerprint density at radius 3 is 2.62 bits per heavy atom. The summed E-state index contributed by atoms with van der Waals surface area (Å²) >= 11 is 0. The number of hydrogen-bond acceptors (Lipinski definition) is 4. The summed E-state index contributed by atoms with van der Waals surface area (Å²) in [4.78, 5) is 17.1. The standard InChI is InChI=1S/C25H30N4O3/c1-3-26-25(29-17-21-10-5-6-13-23(21)31-4-2)28-16-19-9-7-11-20(15-19)24(30)27-18-22-12-8-14-32-22/h5-15H,3-4,16-18H2,1-2H3,(H,27,30)(H2,26,28,29). The van der Waals surface area contributed by atoms with Gasteiger partial charge in [0, 0.05) is 24.2 Å². The molecule has 0 aliphatic heterocycles. The van der Waals surface area contributed by atoms with Crippen LogP contribution in [0.4, 0.5) is 0 Å². The van der Waals surface area contributed by atoms with Crippen molar-refractivity contribution in [2.45, 2.75) is 33.5 Å². The van der Waals surface area contributed by atoms with Crippen LogP contribution in [0, 0.1) is 0 Å². The van der Waals surface area contributed by atoms with Gasteiger partial charge in [-0.05, 0) is 49.7 Å². The molecule has 0 unspecified atom stereocenters. The summed E-state index contributed by atoms with van der Waals surface area (Å²) in [6, 6.07) is 19.1. The summed E-state index contributed by atoms with van der Waals surface area (Å²) in [7, 11) is 0. The van der Waals surface area contributed by atoms with E-state index in [1.54, 1.807) is 18.4 Å². The lowest BCUT2D eigenvalue weighted by molar-refractivity contribution is 0.0948. The fraction of sp³-hybridized carbons (Fsp3) is 0.280. The van der Waals surface area contributed by atoms with Crippen LogP contribution in [-0.4, -0.2) is 25.0 Å². The normalized spacial score (nSPS) is 11.1. The third-order valence-corrected chi connectivity index (χ3v) is 4.68. The fourth-order valence-corrected chi connectivity index (χ4v) is 3.13. The van der Waals surface area contributed by atoms with Crippen LogP contribution in [0.1, 0.15) is 41.1 Å². The molecule has 0 saturated carbocycles. The van der Waals surface area contributed by atoms with Gasteiger partial charge in [0.25, 0.3) is 5.91 Å². The van der Waals surface area contributed by atoms with Gasteiger partial charge in [0.05, 0.1) is 26.0 Å². The second-order valence-electron chi connectivity index (χ2n) is 7.05. The molecule has 0 fully saturated rings. The van der Waals surface area contributed by atoms with E-state index in [4.69, 9.17) is 9.15 Å². The number of rotatable bonds is 10. The molecular weight excluding hydrogens is 404 g/mol. The van der Waals surface area contributed by atoms with Gasteiger partial charge in [0.15, 0.2) is 5.96 Å². The van der Waals surface area contributed by atoms with Crippen molar-refractivity contribution in [1.82, 2.24) is 16.0 Å². The molecule has 7 nitrogen and oxygen atoms in total. The maximum Gasteiger partial charge on any atom is 0.251 e. The number of furan rings is 1. The molecule has 168 valence electrons. The highest BCUT2D eigenvalue weighted by atomic mass is 16.5. The number of amides is 1. The molecule has 0 saturated heterocycles. The Balaban J connectivity index is 1.61. The second-order valence-corrected chi connectivity index (χ2v) is 7.05. The first kappa shape index (κ1) is 22.9. The molecule has 1 aromatic heterocycles. The zero-order valence-corrected chi connectivity index (χ0v) is 18.6. The quantitative estimate of drug-likeness (QED) is 0.333. The summed E-state index contributed by atoms with van der Waals surface area (Å²) in [6.07, 6.45) is 1.59. The van der Waals surface area contributed by atoms with E-state index in [1.165, 1.54) is 0 Å². The number of hydrogen-bond donors (Lipinski definition) is 3. The number of nitrogens with one attached hydrogen (secondary N) is 3. The average Bonchev–Trinajstić information content (AvgIpc) is 3.34. The van der Waals surface area contributed by atoms with E-state index in [0.29, 0.717) is 43.5 Å². The van der Waals surface area contributed by atoms with Crippen molar-refractivity contribution in [3.63, 3.8) is 0 Å². The summed E-state index contributed by atoms with van der Waals surface area (Å²) < 4.78 is 10.9. The SMILES string of the molecule is CCNC(=NCc1cccc(C(=O)NCc2ccco2)c1)NCc1ccccc1OCC. The van der Waals surface area contributed by atoms with Crippen molar-refractivity contribution in [3.8, 4) is 5.75 Å². The van der Waals surface area contributed by atoms with Gasteiger partial charge in [-0.3, -0.25) is 4.79 Å². The lowest BCUT2D eigenvalue weighted by Gasteiger charge is -2.14. The molecule has 0 radical (unpaired) electrons. The van der Waals surface area contributed by atoms with Crippen LogP contribution >= 0.6 is 0 Å². The van der Waals surface area contributed by atoms with Crippen LogP contribution in [0.15, 0.2) is 76.3 Å². The number of carbonyl (C=O) groups excluding carboxylic acids is 1. The molecule has 3 rings (SSSR count). The smallest absolute Gasteiger partial charge is 0.251 e. The van der Waals surface area contributed by atoms with Crippen molar-refractivity contribution in [2.24, 2.45) is 4.99 Å². The number of benzene rings is 2. The highest BCUT2D eigenvalue weighted by Crippen LogP contribution is 2.17. The van der Waals surface area contributed by atoms with E-state index in [1.807, 2.05) is 62.4 Å². The van der Waals surface area contributed by atoms with E-state index in [9.17, 15) is 4.79 Å². The van der Waals surface area contributed by atoms with E-state index in [-0.39, 0.29) is 5.91 Å². The average molecular weight is 435 g/mol. The Hall–Kier alpha value is -3.74. The summed E-state index contributed by atoms with van der Waals surface area (Å²) in [5.41, 5.74) is 2.60. The van der Waals surface area contributed by atoms with Crippen molar-refractivity contribution in [2.75, 3.05) is 13.2 Å². The van der Waals surface area contributed by atoms with Crippen LogP contribution in [0.25, 0.3) is 0 Å². The van der Waals surface area contributed by atoms with Crippen LogP contribution < -0.4 is 20.7 Å². The van der Waals surface area contributed by atoms with Gasteiger partial charge < -0.3 is 25.1 Å². The van der Waals surface area contributed by atoms with Crippen LogP contribution in [0.3, 0.4) is 0 Å². The topological polar surface area (TPSA) is 87.9 Å². The third-order valence-electron chi connectivity index (χ3n) is 4.68. The highest BCUT2D eigenvalue weighted by Gasteiger charge is 2.08. The number of carbonyl (C=O) groups is 1. The molecule has 3 aromatic rings. The van der Waals surface area contributed by atoms with Crippen molar-refractivity contribution < 1.29 is 13.9 Å². The van der Waals surface area contributed by atoms with Crippen LogP contribution in [-0.2, 0) is 19.6 Å². The molecule has 1 heterocycles. The highest BCUT2D eigenvalue weighted by molar-refractivity contribution is 5.94. The minimum absolute atomic E-state index is 0.148. The minimum atomic E-state index is -0.148. The van der Waals surface area contributed by atoms with Gasteiger partial charge in [0.1, 0.15) is 11.5 Å². The Kier molecular flexibility index (Phi) is 8.74. The Morgan fingerprint density at radius 1 is 0.969 bits per heavy atom. The summed E-state index contributed by atoms with van der Waals surface area (Å²) in [5, 5.41) is 9.47. The van der Waals surface area contributed by atoms with Crippen LogP contribution in [0.5, 0.6) is 5.75 Å². The van der Waals surface area contributed by atoms with E-state index < -0.39 is 0 Å². The second kappa shape index (κ2) is 12.2. The molecule has 1 amide bonds. The molecule has 0 bridgehead atoms. The first-order valence-corrected chi connectivity index (χ1v) is 10.8. The largest absolute Gasteiger partial charge is 0.494 e. The summed E-state index contributed by atoms with van der Waals surface area (Å²) in [5.74, 6) is 2.13. The number of nitrogens with zero attached hydrogens (tertiary/aromatic N) is 1. The van der Waals surface area contributed by atoms with Crippen molar-refractivity contribution in [1.29, 1.82) is 0 Å². The van der Waals surface area contributed by atoms with E-state index in [2.05, 4.69) is 20.9 Å². The fourth-order valence-electron chi connectivity index (χ4n) is 3.13.